The third-order valence-corrected chi connectivity index (χ3v) is 6.19. The highest BCUT2D eigenvalue weighted by atomic mass is 32.2. The van der Waals surface area contributed by atoms with Crippen LogP contribution < -0.4 is 0 Å². The van der Waals surface area contributed by atoms with Gasteiger partial charge in [0.05, 0.1) is 4.91 Å². The Morgan fingerprint density at radius 3 is 2.73 bits per heavy atom. The Bertz CT molecular complexity index is 837. The number of nitrogens with zero attached hydrogens (tertiary/aromatic N) is 2. The zero-order chi connectivity index (χ0) is 17.9. The maximum absolute atomic E-state index is 12.9. The summed E-state index contributed by atoms with van der Waals surface area (Å²) in [5.41, 5.74) is 0.915. The van der Waals surface area contributed by atoms with Gasteiger partial charge in [-0.15, -0.1) is 0 Å². The molecule has 1 saturated heterocycles. The maximum atomic E-state index is 12.9. The Morgan fingerprint density at radius 2 is 2.00 bits per heavy atom. The third kappa shape index (κ3) is 3.62. The molecule has 6 heteroatoms. The summed E-state index contributed by atoms with van der Waals surface area (Å²) in [6.07, 6.45) is 12.2. The van der Waals surface area contributed by atoms with Gasteiger partial charge in [0, 0.05) is 30.1 Å². The minimum absolute atomic E-state index is 0.0197. The second kappa shape index (κ2) is 7.76. The first-order valence-corrected chi connectivity index (χ1v) is 10.2. The largest absolute Gasteiger partial charge is 0.457 e. The van der Waals surface area contributed by atoms with E-state index in [0.29, 0.717) is 15.0 Å². The third-order valence-electron chi connectivity index (χ3n) is 4.86. The summed E-state index contributed by atoms with van der Waals surface area (Å²) in [4.78, 5) is 19.5. The fraction of sp³-hybridized carbons (Fsp3) is 0.350. The van der Waals surface area contributed by atoms with Crippen LogP contribution in [-0.2, 0) is 4.79 Å². The SMILES string of the molecule is O=C1/C(=C/c2ccc(-c3cccnc3)o2)SC(=S)N1C1CCCCCC1. The molecular formula is C20H20N2O2S2. The van der Waals surface area contributed by atoms with E-state index in [1.807, 2.05) is 29.2 Å². The normalized spacial score (nSPS) is 20.8. The van der Waals surface area contributed by atoms with Crippen molar-refractivity contribution in [2.45, 2.75) is 44.6 Å². The van der Waals surface area contributed by atoms with Gasteiger partial charge in [-0.3, -0.25) is 14.7 Å². The van der Waals surface area contributed by atoms with Crippen LogP contribution in [0.2, 0.25) is 0 Å². The van der Waals surface area contributed by atoms with Crippen LogP contribution in [-0.4, -0.2) is 26.2 Å². The number of thiocarbonyl (C=S) groups is 1. The molecule has 1 aliphatic carbocycles. The average Bonchev–Trinajstić information content (AvgIpc) is 3.11. The molecule has 3 heterocycles. The molecule has 2 aromatic heterocycles. The molecule has 134 valence electrons. The second-order valence-electron chi connectivity index (χ2n) is 6.64. The number of hydrogen-bond acceptors (Lipinski definition) is 5. The lowest BCUT2D eigenvalue weighted by molar-refractivity contribution is -0.123. The van der Waals surface area contributed by atoms with Crippen molar-refractivity contribution in [1.82, 2.24) is 9.88 Å². The van der Waals surface area contributed by atoms with Crippen molar-refractivity contribution < 1.29 is 9.21 Å². The van der Waals surface area contributed by atoms with Crippen LogP contribution in [0.4, 0.5) is 0 Å². The molecule has 4 rings (SSSR count). The number of pyridine rings is 1. The van der Waals surface area contributed by atoms with Crippen LogP contribution >= 0.6 is 24.0 Å². The van der Waals surface area contributed by atoms with Gasteiger partial charge in [-0.25, -0.2) is 0 Å². The van der Waals surface area contributed by atoms with Gasteiger partial charge in [0.25, 0.3) is 5.91 Å². The van der Waals surface area contributed by atoms with E-state index in [1.54, 1.807) is 18.5 Å². The topological polar surface area (TPSA) is 46.3 Å². The lowest BCUT2D eigenvalue weighted by Crippen LogP contribution is -2.38. The average molecular weight is 385 g/mol. The summed E-state index contributed by atoms with van der Waals surface area (Å²) in [6, 6.07) is 7.84. The van der Waals surface area contributed by atoms with E-state index in [9.17, 15) is 4.79 Å². The van der Waals surface area contributed by atoms with E-state index < -0.39 is 0 Å². The first kappa shape index (κ1) is 17.5. The van der Waals surface area contributed by atoms with Crippen molar-refractivity contribution in [3.05, 3.63) is 47.3 Å². The lowest BCUT2D eigenvalue weighted by atomic mass is 10.1. The van der Waals surface area contributed by atoms with Gasteiger partial charge in [-0.05, 0) is 37.1 Å². The highest BCUT2D eigenvalue weighted by Gasteiger charge is 2.37. The molecule has 1 saturated carbocycles. The van der Waals surface area contributed by atoms with Crippen LogP contribution in [0.15, 0.2) is 46.0 Å². The van der Waals surface area contributed by atoms with Crippen LogP contribution in [0.5, 0.6) is 0 Å². The fourth-order valence-corrected chi connectivity index (χ4v) is 4.91. The highest BCUT2D eigenvalue weighted by molar-refractivity contribution is 8.26. The van der Waals surface area contributed by atoms with Crippen molar-refractivity contribution >= 4 is 40.3 Å². The van der Waals surface area contributed by atoms with E-state index >= 15 is 0 Å². The van der Waals surface area contributed by atoms with E-state index in [4.69, 9.17) is 16.6 Å². The molecule has 2 fully saturated rings. The lowest BCUT2D eigenvalue weighted by Gasteiger charge is -2.25. The predicted molar refractivity (Wildman–Crippen MR) is 108 cm³/mol. The van der Waals surface area contributed by atoms with Crippen LogP contribution in [0.3, 0.4) is 0 Å². The minimum Gasteiger partial charge on any atom is -0.457 e. The highest BCUT2D eigenvalue weighted by Crippen LogP contribution is 2.37. The molecule has 0 aromatic carbocycles. The number of carbonyl (C=O) groups is 1. The van der Waals surface area contributed by atoms with Crippen molar-refractivity contribution in [3.63, 3.8) is 0 Å². The van der Waals surface area contributed by atoms with E-state index in [2.05, 4.69) is 4.98 Å². The Morgan fingerprint density at radius 1 is 1.19 bits per heavy atom. The van der Waals surface area contributed by atoms with Gasteiger partial charge < -0.3 is 4.42 Å². The number of carbonyl (C=O) groups excluding carboxylic acids is 1. The van der Waals surface area contributed by atoms with E-state index in [-0.39, 0.29) is 11.9 Å². The fourth-order valence-electron chi connectivity index (χ4n) is 3.53. The smallest absolute Gasteiger partial charge is 0.266 e. The maximum Gasteiger partial charge on any atom is 0.266 e. The van der Waals surface area contributed by atoms with Gasteiger partial charge in [0.1, 0.15) is 15.8 Å². The van der Waals surface area contributed by atoms with Crippen LogP contribution in [0.1, 0.15) is 44.3 Å². The second-order valence-corrected chi connectivity index (χ2v) is 8.32. The van der Waals surface area contributed by atoms with Gasteiger partial charge in [-0.2, -0.15) is 0 Å². The Balaban J connectivity index is 1.54. The monoisotopic (exact) mass is 384 g/mol. The standard InChI is InChI=1S/C20H20N2O2S2/c23-19-18(26-20(25)22(19)15-7-3-1-2-4-8-15)12-16-9-10-17(24-16)14-6-5-11-21-13-14/h5-6,9-13,15H,1-4,7-8H2/b18-12-. The molecule has 26 heavy (non-hydrogen) atoms. The molecule has 1 amide bonds. The molecule has 0 N–H and O–H groups in total. The van der Waals surface area contributed by atoms with Crippen molar-refractivity contribution in [1.29, 1.82) is 0 Å². The van der Waals surface area contributed by atoms with Crippen LogP contribution in [0, 0.1) is 0 Å². The molecule has 0 radical (unpaired) electrons. The van der Waals surface area contributed by atoms with Crippen LogP contribution in [0.25, 0.3) is 17.4 Å². The van der Waals surface area contributed by atoms with Crippen molar-refractivity contribution in [2.24, 2.45) is 0 Å². The summed E-state index contributed by atoms with van der Waals surface area (Å²) < 4.78 is 6.55. The number of thioether (sulfide) groups is 1. The van der Waals surface area contributed by atoms with Crippen molar-refractivity contribution in [2.75, 3.05) is 0 Å². The molecule has 1 aliphatic heterocycles. The summed E-state index contributed by atoms with van der Waals surface area (Å²) in [5, 5.41) is 0. The Hall–Kier alpha value is -1.92. The van der Waals surface area contributed by atoms with Gasteiger partial charge in [-0.1, -0.05) is 49.7 Å². The molecule has 0 unspecified atom stereocenters. The van der Waals surface area contributed by atoms with Crippen molar-refractivity contribution in [3.8, 4) is 11.3 Å². The summed E-state index contributed by atoms with van der Waals surface area (Å²) >= 11 is 6.88. The molecule has 4 nitrogen and oxygen atoms in total. The molecule has 2 aliphatic rings. The number of hydrogen-bond donors (Lipinski definition) is 0. The van der Waals surface area contributed by atoms with Gasteiger partial charge >= 0.3 is 0 Å². The molecule has 0 spiro atoms. The number of amides is 1. The van der Waals surface area contributed by atoms with Gasteiger partial charge in [0.2, 0.25) is 0 Å². The first-order chi connectivity index (χ1) is 12.7. The Kier molecular flexibility index (Phi) is 5.22. The number of rotatable bonds is 3. The van der Waals surface area contributed by atoms with E-state index in [1.165, 1.54) is 37.4 Å². The van der Waals surface area contributed by atoms with Gasteiger partial charge in [0.15, 0.2) is 0 Å². The minimum atomic E-state index is 0.0197. The van der Waals surface area contributed by atoms with E-state index in [0.717, 1.165) is 24.2 Å². The molecule has 0 atom stereocenters. The summed E-state index contributed by atoms with van der Waals surface area (Å²) in [5.74, 6) is 1.42. The number of furan rings is 1. The number of aromatic nitrogens is 1. The zero-order valence-corrected chi connectivity index (χ0v) is 16.0. The Labute approximate surface area is 162 Å². The quantitative estimate of drug-likeness (QED) is 0.410. The predicted octanol–water partition coefficient (Wildman–Crippen LogP) is 5.27. The summed E-state index contributed by atoms with van der Waals surface area (Å²) in [6.45, 7) is 0. The molecule has 2 aromatic rings. The summed E-state index contributed by atoms with van der Waals surface area (Å²) in [7, 11) is 0. The first-order valence-electron chi connectivity index (χ1n) is 9.00. The zero-order valence-electron chi connectivity index (χ0n) is 14.4. The molecular weight excluding hydrogens is 364 g/mol. The molecule has 0 bridgehead atoms.